The fourth-order valence-electron chi connectivity index (χ4n) is 2.40. The second-order valence-corrected chi connectivity index (χ2v) is 4.55. The number of carbonyl (C=O) groups excluding carboxylic acids is 1. The fourth-order valence-corrected chi connectivity index (χ4v) is 2.40. The SMILES string of the molecule is CCCCOC(=O)N1CC2CNCC2C1. The number of hydrogen-bond acceptors (Lipinski definition) is 3. The van der Waals surface area contributed by atoms with Gasteiger partial charge in [-0.1, -0.05) is 13.3 Å². The fraction of sp³-hybridized carbons (Fsp3) is 0.909. The van der Waals surface area contributed by atoms with Crippen molar-refractivity contribution < 1.29 is 9.53 Å². The van der Waals surface area contributed by atoms with Crippen LogP contribution in [0, 0.1) is 11.8 Å². The van der Waals surface area contributed by atoms with Crippen LogP contribution in [0.3, 0.4) is 0 Å². The summed E-state index contributed by atoms with van der Waals surface area (Å²) in [6.07, 6.45) is 1.93. The van der Waals surface area contributed by atoms with Crippen molar-refractivity contribution in [2.24, 2.45) is 11.8 Å². The van der Waals surface area contributed by atoms with E-state index in [1.54, 1.807) is 0 Å². The lowest BCUT2D eigenvalue weighted by Crippen LogP contribution is -2.32. The Balaban J connectivity index is 1.73. The van der Waals surface area contributed by atoms with Crippen molar-refractivity contribution in [2.45, 2.75) is 19.8 Å². The summed E-state index contributed by atoms with van der Waals surface area (Å²) in [7, 11) is 0. The van der Waals surface area contributed by atoms with E-state index in [0.717, 1.165) is 39.0 Å². The third-order valence-electron chi connectivity index (χ3n) is 3.37. The first-order chi connectivity index (χ1) is 7.31. The average Bonchev–Trinajstić information content (AvgIpc) is 2.76. The Kier molecular flexibility index (Phi) is 3.46. The van der Waals surface area contributed by atoms with E-state index in [2.05, 4.69) is 12.2 Å². The number of nitrogens with zero attached hydrogens (tertiary/aromatic N) is 1. The Morgan fingerprint density at radius 3 is 2.67 bits per heavy atom. The molecular weight excluding hydrogens is 192 g/mol. The van der Waals surface area contributed by atoms with Gasteiger partial charge in [0.25, 0.3) is 0 Å². The van der Waals surface area contributed by atoms with Crippen LogP contribution in [0.1, 0.15) is 19.8 Å². The zero-order valence-electron chi connectivity index (χ0n) is 9.37. The molecule has 2 atom stereocenters. The first kappa shape index (κ1) is 10.7. The Bertz CT molecular complexity index is 221. The molecule has 86 valence electrons. The monoisotopic (exact) mass is 212 g/mol. The molecule has 2 heterocycles. The van der Waals surface area contributed by atoms with Crippen LogP contribution in [0.2, 0.25) is 0 Å². The van der Waals surface area contributed by atoms with E-state index in [9.17, 15) is 4.79 Å². The van der Waals surface area contributed by atoms with Crippen LogP contribution in [-0.4, -0.2) is 43.8 Å². The number of rotatable bonds is 3. The van der Waals surface area contributed by atoms with Gasteiger partial charge in [0.05, 0.1) is 6.61 Å². The lowest BCUT2D eigenvalue weighted by molar-refractivity contribution is 0.107. The maximum Gasteiger partial charge on any atom is 0.409 e. The van der Waals surface area contributed by atoms with E-state index in [4.69, 9.17) is 4.74 Å². The summed E-state index contributed by atoms with van der Waals surface area (Å²) >= 11 is 0. The molecule has 1 N–H and O–H groups in total. The molecule has 0 aromatic rings. The maximum atomic E-state index is 11.6. The lowest BCUT2D eigenvalue weighted by Gasteiger charge is -2.16. The van der Waals surface area contributed by atoms with Crippen molar-refractivity contribution in [2.75, 3.05) is 32.8 Å². The maximum absolute atomic E-state index is 11.6. The summed E-state index contributed by atoms with van der Waals surface area (Å²) in [5.41, 5.74) is 0. The van der Waals surface area contributed by atoms with Gasteiger partial charge in [0, 0.05) is 26.2 Å². The van der Waals surface area contributed by atoms with Gasteiger partial charge in [0.15, 0.2) is 0 Å². The first-order valence-electron chi connectivity index (χ1n) is 5.93. The van der Waals surface area contributed by atoms with E-state index in [1.165, 1.54) is 0 Å². The molecule has 15 heavy (non-hydrogen) atoms. The van der Waals surface area contributed by atoms with Gasteiger partial charge in [-0.3, -0.25) is 0 Å². The van der Waals surface area contributed by atoms with Crippen molar-refractivity contribution in [1.29, 1.82) is 0 Å². The Morgan fingerprint density at radius 2 is 2.07 bits per heavy atom. The van der Waals surface area contributed by atoms with Gasteiger partial charge in [0.2, 0.25) is 0 Å². The van der Waals surface area contributed by atoms with Crippen molar-refractivity contribution >= 4 is 6.09 Å². The predicted molar refractivity (Wildman–Crippen MR) is 57.7 cm³/mol. The highest BCUT2D eigenvalue weighted by Crippen LogP contribution is 2.26. The molecule has 4 heteroatoms. The molecule has 1 amide bonds. The summed E-state index contributed by atoms with van der Waals surface area (Å²) in [6, 6.07) is 0. The molecule has 0 spiro atoms. The molecule has 0 aromatic carbocycles. The smallest absolute Gasteiger partial charge is 0.409 e. The molecule has 2 rings (SSSR count). The summed E-state index contributed by atoms with van der Waals surface area (Å²) < 4.78 is 5.20. The molecule has 0 radical (unpaired) electrons. The number of fused-ring (bicyclic) bond motifs is 1. The van der Waals surface area contributed by atoms with E-state index in [0.29, 0.717) is 18.4 Å². The number of unbranched alkanes of at least 4 members (excludes halogenated alkanes) is 1. The Hall–Kier alpha value is -0.770. The Morgan fingerprint density at radius 1 is 1.40 bits per heavy atom. The molecule has 2 unspecified atom stereocenters. The predicted octanol–water partition coefficient (Wildman–Crippen LogP) is 1.07. The summed E-state index contributed by atoms with van der Waals surface area (Å²) in [6.45, 7) is 6.54. The van der Waals surface area contributed by atoms with Gasteiger partial charge in [-0.15, -0.1) is 0 Å². The second-order valence-electron chi connectivity index (χ2n) is 4.55. The normalized spacial score (nSPS) is 29.3. The number of hydrogen-bond donors (Lipinski definition) is 1. The van der Waals surface area contributed by atoms with Crippen molar-refractivity contribution in [3.63, 3.8) is 0 Å². The minimum absolute atomic E-state index is 0.113. The highest BCUT2D eigenvalue weighted by molar-refractivity contribution is 5.68. The van der Waals surface area contributed by atoms with Crippen LogP contribution in [0.15, 0.2) is 0 Å². The topological polar surface area (TPSA) is 41.6 Å². The van der Waals surface area contributed by atoms with Gasteiger partial charge in [-0.25, -0.2) is 4.79 Å². The highest BCUT2D eigenvalue weighted by atomic mass is 16.6. The molecular formula is C11H20N2O2. The highest BCUT2D eigenvalue weighted by Gasteiger charge is 2.38. The van der Waals surface area contributed by atoms with Gasteiger partial charge in [0.1, 0.15) is 0 Å². The van der Waals surface area contributed by atoms with Gasteiger partial charge < -0.3 is 15.0 Å². The van der Waals surface area contributed by atoms with E-state index < -0.39 is 0 Å². The number of carbonyl (C=O) groups is 1. The summed E-state index contributed by atoms with van der Waals surface area (Å²) in [4.78, 5) is 13.5. The molecule has 2 fully saturated rings. The van der Waals surface area contributed by atoms with Gasteiger partial charge in [-0.05, 0) is 18.3 Å². The summed E-state index contributed by atoms with van der Waals surface area (Å²) in [5.74, 6) is 1.31. The number of likely N-dealkylation sites (tertiary alicyclic amines) is 1. The third kappa shape index (κ3) is 2.43. The van der Waals surface area contributed by atoms with Crippen LogP contribution >= 0.6 is 0 Å². The van der Waals surface area contributed by atoms with E-state index >= 15 is 0 Å². The average molecular weight is 212 g/mol. The standard InChI is InChI=1S/C11H20N2O2/c1-2-3-4-15-11(14)13-7-9-5-12-6-10(9)8-13/h9-10,12H,2-8H2,1H3. The van der Waals surface area contributed by atoms with Crippen molar-refractivity contribution in [3.8, 4) is 0 Å². The molecule has 0 saturated carbocycles. The third-order valence-corrected chi connectivity index (χ3v) is 3.37. The zero-order valence-corrected chi connectivity index (χ0v) is 9.37. The number of amides is 1. The largest absolute Gasteiger partial charge is 0.449 e. The van der Waals surface area contributed by atoms with Crippen molar-refractivity contribution in [1.82, 2.24) is 10.2 Å². The van der Waals surface area contributed by atoms with Crippen LogP contribution in [0.4, 0.5) is 4.79 Å². The quantitative estimate of drug-likeness (QED) is 0.712. The minimum Gasteiger partial charge on any atom is -0.449 e. The molecule has 4 nitrogen and oxygen atoms in total. The Labute approximate surface area is 91.0 Å². The minimum atomic E-state index is -0.113. The van der Waals surface area contributed by atoms with Gasteiger partial charge >= 0.3 is 6.09 Å². The molecule has 0 bridgehead atoms. The van der Waals surface area contributed by atoms with E-state index in [-0.39, 0.29) is 6.09 Å². The van der Waals surface area contributed by atoms with E-state index in [1.807, 2.05) is 4.90 Å². The van der Waals surface area contributed by atoms with Crippen LogP contribution in [-0.2, 0) is 4.74 Å². The number of ether oxygens (including phenoxy) is 1. The van der Waals surface area contributed by atoms with Gasteiger partial charge in [-0.2, -0.15) is 0 Å². The lowest BCUT2D eigenvalue weighted by atomic mass is 10.0. The molecule has 2 aliphatic rings. The van der Waals surface area contributed by atoms with Crippen LogP contribution in [0.5, 0.6) is 0 Å². The zero-order chi connectivity index (χ0) is 10.7. The molecule has 0 aliphatic carbocycles. The van der Waals surface area contributed by atoms with Crippen LogP contribution < -0.4 is 5.32 Å². The first-order valence-corrected chi connectivity index (χ1v) is 5.93. The molecule has 0 aromatic heterocycles. The van der Waals surface area contributed by atoms with Crippen molar-refractivity contribution in [3.05, 3.63) is 0 Å². The van der Waals surface area contributed by atoms with Crippen LogP contribution in [0.25, 0.3) is 0 Å². The summed E-state index contributed by atoms with van der Waals surface area (Å²) in [5, 5.41) is 3.36. The molecule has 2 saturated heterocycles. The number of nitrogens with one attached hydrogen (secondary N) is 1. The second kappa shape index (κ2) is 4.84. The molecule has 2 aliphatic heterocycles.